The summed E-state index contributed by atoms with van der Waals surface area (Å²) in [5.41, 5.74) is 1.45. The highest BCUT2D eigenvalue weighted by molar-refractivity contribution is 6.20. The molecule has 0 radical (unpaired) electrons. The van der Waals surface area contributed by atoms with Crippen LogP contribution in [0.1, 0.15) is 50.0 Å². The van der Waals surface area contributed by atoms with Gasteiger partial charge in [-0.1, -0.05) is 30.3 Å². The van der Waals surface area contributed by atoms with Crippen molar-refractivity contribution in [3.05, 3.63) is 66.4 Å². The number of halogens is 1. The summed E-state index contributed by atoms with van der Waals surface area (Å²) in [6, 6.07) is 9.78. The molecule has 0 bridgehead atoms. The van der Waals surface area contributed by atoms with E-state index in [2.05, 4.69) is 49.7 Å². The number of nitrogens with zero attached hydrogens (tertiary/aromatic N) is 4. The van der Waals surface area contributed by atoms with Crippen molar-refractivity contribution < 1.29 is 23.5 Å². The number of fused-ring (bicyclic) bond motifs is 2. The fraction of sp³-hybridized carbons (Fsp3) is 0.629. The van der Waals surface area contributed by atoms with Crippen LogP contribution in [0.2, 0.25) is 0 Å². The van der Waals surface area contributed by atoms with Crippen LogP contribution in [0.15, 0.2) is 60.8 Å². The molecule has 46 heavy (non-hydrogen) atoms. The van der Waals surface area contributed by atoms with Gasteiger partial charge in [0.15, 0.2) is 5.78 Å². The fourth-order valence-corrected chi connectivity index (χ4v) is 8.41. The van der Waals surface area contributed by atoms with Crippen molar-refractivity contribution in [3.63, 3.8) is 0 Å². The summed E-state index contributed by atoms with van der Waals surface area (Å²) >= 11 is 0. The minimum absolute atomic E-state index is 0.0120. The van der Waals surface area contributed by atoms with Crippen molar-refractivity contribution in [2.24, 2.45) is 5.92 Å². The quantitative estimate of drug-likeness (QED) is 0.288. The Bertz CT molecular complexity index is 1350. The summed E-state index contributed by atoms with van der Waals surface area (Å²) in [6.07, 6.45) is 9.79. The molecular formula is C35H47FN6O4. The minimum Gasteiger partial charge on any atom is -0.379 e. The normalized spacial score (nSPS) is 32.8. The van der Waals surface area contributed by atoms with E-state index in [0.717, 1.165) is 65.1 Å². The van der Waals surface area contributed by atoms with E-state index in [1.54, 1.807) is 12.5 Å². The van der Waals surface area contributed by atoms with Gasteiger partial charge in [-0.3, -0.25) is 14.5 Å². The zero-order valence-electron chi connectivity index (χ0n) is 26.5. The first-order valence-electron chi connectivity index (χ1n) is 17.2. The number of hydrogen-bond donors (Lipinski definition) is 2. The lowest BCUT2D eigenvalue weighted by molar-refractivity contribution is -0.198. The van der Waals surface area contributed by atoms with E-state index in [9.17, 15) is 9.59 Å². The van der Waals surface area contributed by atoms with Gasteiger partial charge in [0.25, 0.3) is 5.91 Å². The van der Waals surface area contributed by atoms with Gasteiger partial charge in [0, 0.05) is 50.7 Å². The smallest absolute Gasteiger partial charge is 0.256 e. The molecule has 4 heterocycles. The summed E-state index contributed by atoms with van der Waals surface area (Å²) in [5.74, 6) is -0.896. The number of morpholine rings is 2. The Morgan fingerprint density at radius 2 is 1.87 bits per heavy atom. The summed E-state index contributed by atoms with van der Waals surface area (Å²) in [5, 5.41) is 6.49. The molecule has 3 aliphatic heterocycles. The van der Waals surface area contributed by atoms with Crippen LogP contribution in [-0.4, -0.2) is 113 Å². The summed E-state index contributed by atoms with van der Waals surface area (Å²) < 4.78 is 30.4. The number of ether oxygens (including phenoxy) is 2. The molecule has 8 atom stereocenters. The number of hydrogen-bond acceptors (Lipinski definition) is 8. The number of carbonyl (C=O) groups excluding carboxylic acids is 2. The van der Waals surface area contributed by atoms with Crippen molar-refractivity contribution in [2.45, 2.75) is 87.5 Å². The van der Waals surface area contributed by atoms with Crippen LogP contribution in [0.5, 0.6) is 0 Å². The lowest BCUT2D eigenvalue weighted by Gasteiger charge is -2.59. The van der Waals surface area contributed by atoms with Gasteiger partial charge in [0.05, 0.1) is 55.4 Å². The van der Waals surface area contributed by atoms with Crippen molar-refractivity contribution in [2.75, 3.05) is 45.9 Å². The third-order valence-corrected chi connectivity index (χ3v) is 10.8. The van der Waals surface area contributed by atoms with Gasteiger partial charge in [-0.05, 0) is 63.1 Å². The van der Waals surface area contributed by atoms with E-state index in [1.165, 1.54) is 5.56 Å². The van der Waals surface area contributed by atoms with E-state index in [4.69, 9.17) is 9.47 Å². The van der Waals surface area contributed by atoms with Crippen molar-refractivity contribution in [1.82, 2.24) is 30.0 Å². The van der Waals surface area contributed by atoms with Gasteiger partial charge >= 0.3 is 0 Å². The molecule has 8 unspecified atom stereocenters. The van der Waals surface area contributed by atoms with E-state index in [1.807, 2.05) is 23.0 Å². The van der Waals surface area contributed by atoms with Gasteiger partial charge in [0.1, 0.15) is 6.17 Å². The number of aryl methyl sites for hydroxylation is 1. The predicted octanol–water partition coefficient (Wildman–Crippen LogP) is 2.67. The van der Waals surface area contributed by atoms with Gasteiger partial charge in [0.2, 0.25) is 0 Å². The maximum absolute atomic E-state index is 16.1. The molecule has 248 valence electrons. The molecule has 4 fully saturated rings. The van der Waals surface area contributed by atoms with Crippen LogP contribution in [0.3, 0.4) is 0 Å². The average Bonchev–Trinajstić information content (AvgIpc) is 3.61. The lowest BCUT2D eigenvalue weighted by Crippen LogP contribution is -2.73. The van der Waals surface area contributed by atoms with Crippen LogP contribution in [0, 0.1) is 5.92 Å². The molecule has 5 aliphatic rings. The van der Waals surface area contributed by atoms with Gasteiger partial charge in [-0.25, -0.2) is 9.37 Å². The Morgan fingerprint density at radius 3 is 2.67 bits per heavy atom. The zero-order valence-corrected chi connectivity index (χ0v) is 26.5. The first-order valence-corrected chi connectivity index (χ1v) is 17.2. The van der Waals surface area contributed by atoms with Crippen molar-refractivity contribution in [3.8, 4) is 0 Å². The molecule has 10 nitrogen and oxygen atoms in total. The van der Waals surface area contributed by atoms with Crippen molar-refractivity contribution in [1.29, 1.82) is 0 Å². The standard InChI is InChI=1S/C35H47FN6O4/c36-28-21-26-32-34(31(28)38-10-4-13-40-16-18-45-19-17-40)46-30-9-8-25(24-6-2-1-3-7-24)20-29(30)42(32)22-27(33(26)43)35(44)39-11-5-14-41-15-12-37-23-41/h1-3,6-7,12,15,22-23,25-26,28-32,34,38H,4-5,8-11,13-14,16-21H2,(H,39,44). The molecule has 2 saturated heterocycles. The molecule has 2 aliphatic carbocycles. The topological polar surface area (TPSA) is 101 Å². The first-order chi connectivity index (χ1) is 22.6. The van der Waals surface area contributed by atoms with E-state index < -0.39 is 24.2 Å². The second kappa shape index (κ2) is 14.3. The first kappa shape index (κ1) is 31.5. The number of Topliss-reactive ketones (excluding diaryl/α,β-unsaturated/α-hetero) is 1. The number of nitrogens with one attached hydrogen (secondary N) is 2. The molecule has 2 saturated carbocycles. The molecule has 1 amide bonds. The van der Waals surface area contributed by atoms with E-state index >= 15 is 4.39 Å². The largest absolute Gasteiger partial charge is 0.379 e. The number of alkyl halides is 1. The monoisotopic (exact) mass is 634 g/mol. The Labute approximate surface area is 270 Å². The third kappa shape index (κ3) is 6.65. The van der Waals surface area contributed by atoms with Gasteiger partial charge < -0.3 is 29.6 Å². The second-order valence-corrected chi connectivity index (χ2v) is 13.5. The maximum atomic E-state index is 16.1. The fourth-order valence-electron chi connectivity index (χ4n) is 8.41. The average molecular weight is 635 g/mol. The summed E-state index contributed by atoms with van der Waals surface area (Å²) in [7, 11) is 0. The van der Waals surface area contributed by atoms with Crippen LogP contribution >= 0.6 is 0 Å². The molecule has 2 N–H and O–H groups in total. The highest BCUT2D eigenvalue weighted by Crippen LogP contribution is 2.47. The van der Waals surface area contributed by atoms with Crippen LogP contribution < -0.4 is 10.6 Å². The summed E-state index contributed by atoms with van der Waals surface area (Å²) in [6.45, 7) is 6.17. The number of amides is 1. The van der Waals surface area contributed by atoms with Crippen molar-refractivity contribution >= 4 is 11.7 Å². The predicted molar refractivity (Wildman–Crippen MR) is 171 cm³/mol. The molecule has 1 aromatic heterocycles. The highest BCUT2D eigenvalue weighted by Gasteiger charge is 2.58. The Morgan fingerprint density at radius 1 is 1.04 bits per heavy atom. The minimum atomic E-state index is -1.24. The molecular weight excluding hydrogens is 587 g/mol. The molecule has 11 heteroatoms. The third-order valence-electron chi connectivity index (χ3n) is 10.8. The molecule has 7 rings (SSSR count). The lowest BCUT2D eigenvalue weighted by atomic mass is 9.68. The molecule has 0 spiro atoms. The molecule has 2 aromatic rings. The number of benzene rings is 1. The van der Waals surface area contributed by atoms with Gasteiger partial charge in [-0.2, -0.15) is 0 Å². The van der Waals surface area contributed by atoms with Gasteiger partial charge in [-0.15, -0.1) is 0 Å². The van der Waals surface area contributed by atoms with E-state index in [-0.39, 0.29) is 41.9 Å². The number of aromatic nitrogens is 2. The highest BCUT2D eigenvalue weighted by atomic mass is 19.1. The number of imidazole rings is 1. The SMILES string of the molecule is O=C(NCCCn1ccnc1)C1=CN2C3CC(c4ccccc4)CCC3OC3C(NCCCN4CCOCC4)C(F)CC(C1=O)C32. The second-order valence-electron chi connectivity index (χ2n) is 13.5. The Kier molecular flexibility index (Phi) is 9.81. The van der Waals surface area contributed by atoms with Crippen LogP contribution in [-0.2, 0) is 25.6 Å². The van der Waals surface area contributed by atoms with Crippen LogP contribution in [0.4, 0.5) is 4.39 Å². The van der Waals surface area contributed by atoms with E-state index in [0.29, 0.717) is 25.4 Å². The van der Waals surface area contributed by atoms with Crippen LogP contribution in [0.25, 0.3) is 0 Å². The molecule has 1 aromatic carbocycles. The summed E-state index contributed by atoms with van der Waals surface area (Å²) in [4.78, 5) is 36.2. The number of carbonyl (C=O) groups is 2. The maximum Gasteiger partial charge on any atom is 0.256 e. The number of ketones is 1. The number of rotatable bonds is 11. The Hall–Kier alpha value is -3.12. The zero-order chi connectivity index (χ0) is 31.5. The Balaban J connectivity index is 1.09.